The van der Waals surface area contributed by atoms with Gasteiger partial charge in [-0.1, -0.05) is 6.08 Å². The highest BCUT2D eigenvalue weighted by molar-refractivity contribution is 5.92. The SMILES string of the molecule is C[C@H]1NCCc2nn(C)cc2/C=C/c2n[nH]c3cnc(cc23)C2=CCNC=C21. The summed E-state index contributed by atoms with van der Waals surface area (Å²) in [5.74, 6) is 0. The van der Waals surface area contributed by atoms with E-state index >= 15 is 0 Å². The molecule has 0 aromatic carbocycles. The summed E-state index contributed by atoms with van der Waals surface area (Å²) in [6.45, 7) is 3.85. The zero-order chi connectivity index (χ0) is 19.1. The molecule has 1 atom stereocenters. The van der Waals surface area contributed by atoms with Crippen LogP contribution < -0.4 is 10.6 Å². The third-order valence-corrected chi connectivity index (χ3v) is 5.38. The van der Waals surface area contributed by atoms with E-state index in [0.29, 0.717) is 0 Å². The molecule has 3 aromatic rings. The summed E-state index contributed by atoms with van der Waals surface area (Å²) in [6.07, 6.45) is 13.3. The Hall–Kier alpha value is -3.19. The van der Waals surface area contributed by atoms with Crippen LogP contribution in [0.5, 0.6) is 0 Å². The second-order valence-corrected chi connectivity index (χ2v) is 7.31. The van der Waals surface area contributed by atoms with Gasteiger partial charge in [0.15, 0.2) is 0 Å². The maximum absolute atomic E-state index is 4.70. The van der Waals surface area contributed by atoms with Gasteiger partial charge in [0, 0.05) is 61.5 Å². The maximum atomic E-state index is 4.70. The van der Waals surface area contributed by atoms with Crippen LogP contribution in [0.4, 0.5) is 0 Å². The summed E-state index contributed by atoms with van der Waals surface area (Å²) in [4.78, 5) is 4.70. The van der Waals surface area contributed by atoms with Gasteiger partial charge in [0.2, 0.25) is 0 Å². The van der Waals surface area contributed by atoms with Gasteiger partial charge in [-0.05, 0) is 30.7 Å². The topological polar surface area (TPSA) is 83.5 Å². The molecule has 0 unspecified atom stereocenters. The van der Waals surface area contributed by atoms with Gasteiger partial charge in [-0.15, -0.1) is 0 Å². The van der Waals surface area contributed by atoms with Gasteiger partial charge in [-0.3, -0.25) is 14.8 Å². The third-order valence-electron chi connectivity index (χ3n) is 5.38. The minimum Gasteiger partial charge on any atom is -0.387 e. The van der Waals surface area contributed by atoms with Crippen LogP contribution in [-0.4, -0.2) is 44.1 Å². The van der Waals surface area contributed by atoms with Crippen LogP contribution in [0, 0.1) is 0 Å². The van der Waals surface area contributed by atoms with Gasteiger partial charge in [-0.2, -0.15) is 10.2 Å². The van der Waals surface area contributed by atoms with Crippen LogP contribution in [0.25, 0.3) is 28.6 Å². The predicted octanol–water partition coefficient (Wildman–Crippen LogP) is 2.27. The summed E-state index contributed by atoms with van der Waals surface area (Å²) >= 11 is 0. The highest BCUT2D eigenvalue weighted by Gasteiger charge is 2.20. The molecule has 3 aromatic heterocycles. The molecular formula is C21H23N7. The Morgan fingerprint density at radius 3 is 3.11 bits per heavy atom. The molecule has 0 fully saturated rings. The first-order valence-electron chi connectivity index (χ1n) is 9.61. The van der Waals surface area contributed by atoms with E-state index in [9.17, 15) is 0 Å². The average molecular weight is 373 g/mol. The minimum atomic E-state index is 0.200. The fraction of sp³-hybridized carbons (Fsp3) is 0.286. The summed E-state index contributed by atoms with van der Waals surface area (Å²) in [6, 6.07) is 2.33. The van der Waals surface area contributed by atoms with Crippen molar-refractivity contribution in [2.75, 3.05) is 13.1 Å². The summed E-state index contributed by atoms with van der Waals surface area (Å²) in [7, 11) is 1.96. The Morgan fingerprint density at radius 2 is 2.18 bits per heavy atom. The Balaban J connectivity index is 1.67. The van der Waals surface area contributed by atoms with E-state index in [1.807, 2.05) is 17.9 Å². The van der Waals surface area contributed by atoms with Crippen molar-refractivity contribution in [2.45, 2.75) is 19.4 Å². The highest BCUT2D eigenvalue weighted by atomic mass is 15.3. The van der Waals surface area contributed by atoms with Gasteiger partial charge in [0.25, 0.3) is 0 Å². The molecule has 0 amide bonds. The summed E-state index contributed by atoms with van der Waals surface area (Å²) < 4.78 is 1.87. The maximum Gasteiger partial charge on any atom is 0.0928 e. The fourth-order valence-electron chi connectivity index (χ4n) is 3.92. The lowest BCUT2D eigenvalue weighted by Crippen LogP contribution is -2.32. The number of nitrogens with one attached hydrogen (secondary N) is 3. The van der Waals surface area contributed by atoms with Crippen LogP contribution in [-0.2, 0) is 13.5 Å². The van der Waals surface area contributed by atoms with Gasteiger partial charge < -0.3 is 10.6 Å². The fourth-order valence-corrected chi connectivity index (χ4v) is 3.92. The smallest absolute Gasteiger partial charge is 0.0928 e. The molecule has 3 N–H and O–H groups in total. The summed E-state index contributed by atoms with van der Waals surface area (Å²) in [5.41, 5.74) is 7.43. The Labute approximate surface area is 163 Å². The normalized spacial score (nSPS) is 20.6. The molecule has 7 heteroatoms. The molecule has 0 radical (unpaired) electrons. The van der Waals surface area contributed by atoms with Crippen LogP contribution in [0.15, 0.2) is 36.3 Å². The van der Waals surface area contributed by atoms with Crippen molar-refractivity contribution in [3.05, 3.63) is 59.0 Å². The van der Waals surface area contributed by atoms with E-state index in [4.69, 9.17) is 4.98 Å². The van der Waals surface area contributed by atoms with Crippen LogP contribution >= 0.6 is 0 Å². The van der Waals surface area contributed by atoms with Gasteiger partial charge in [0.1, 0.15) is 0 Å². The average Bonchev–Trinajstić information content (AvgIpc) is 3.28. The molecule has 5 rings (SSSR count). The lowest BCUT2D eigenvalue weighted by molar-refractivity contribution is 0.605. The lowest BCUT2D eigenvalue weighted by Gasteiger charge is -2.23. The van der Waals surface area contributed by atoms with E-state index in [2.05, 4.69) is 69.5 Å². The minimum absolute atomic E-state index is 0.200. The molecule has 28 heavy (non-hydrogen) atoms. The molecular weight excluding hydrogens is 350 g/mol. The number of nitrogens with zero attached hydrogens (tertiary/aromatic N) is 4. The molecule has 5 heterocycles. The second kappa shape index (κ2) is 6.76. The molecule has 2 bridgehead atoms. The molecule has 0 spiro atoms. The van der Waals surface area contributed by atoms with Crippen molar-refractivity contribution in [1.29, 1.82) is 0 Å². The Kier molecular flexibility index (Phi) is 4.09. The van der Waals surface area contributed by atoms with Gasteiger partial charge in [-0.25, -0.2) is 0 Å². The van der Waals surface area contributed by atoms with E-state index in [1.54, 1.807) is 0 Å². The number of aryl methyl sites for hydroxylation is 1. The molecule has 7 nitrogen and oxygen atoms in total. The third kappa shape index (κ3) is 2.93. The zero-order valence-corrected chi connectivity index (χ0v) is 16.0. The molecule has 2 aliphatic rings. The predicted molar refractivity (Wildman–Crippen MR) is 111 cm³/mol. The largest absolute Gasteiger partial charge is 0.387 e. The van der Waals surface area contributed by atoms with Crippen molar-refractivity contribution in [1.82, 2.24) is 35.6 Å². The molecule has 142 valence electrons. The number of hydrogen-bond donors (Lipinski definition) is 3. The highest BCUT2D eigenvalue weighted by Crippen LogP contribution is 2.29. The number of aromatic nitrogens is 5. The molecule has 0 saturated carbocycles. The number of aromatic amines is 1. The van der Waals surface area contributed by atoms with Gasteiger partial charge in [0.05, 0.1) is 28.8 Å². The van der Waals surface area contributed by atoms with E-state index < -0.39 is 0 Å². The Morgan fingerprint density at radius 1 is 1.25 bits per heavy atom. The number of hydrogen-bond acceptors (Lipinski definition) is 5. The number of dihydropyridines is 1. The van der Waals surface area contributed by atoms with Crippen molar-refractivity contribution < 1.29 is 0 Å². The lowest BCUT2D eigenvalue weighted by atomic mass is 9.94. The van der Waals surface area contributed by atoms with Gasteiger partial charge >= 0.3 is 0 Å². The molecule has 0 aliphatic carbocycles. The second-order valence-electron chi connectivity index (χ2n) is 7.31. The van der Waals surface area contributed by atoms with Crippen molar-refractivity contribution >= 4 is 28.6 Å². The number of H-pyrrole nitrogens is 1. The number of fused-ring (bicyclic) bond motifs is 4. The molecule has 2 aliphatic heterocycles. The zero-order valence-electron chi connectivity index (χ0n) is 16.0. The monoisotopic (exact) mass is 373 g/mol. The molecule has 0 saturated heterocycles. The van der Waals surface area contributed by atoms with E-state index in [0.717, 1.165) is 53.1 Å². The van der Waals surface area contributed by atoms with Crippen molar-refractivity contribution in [2.24, 2.45) is 7.05 Å². The van der Waals surface area contributed by atoms with E-state index in [1.165, 1.54) is 11.1 Å². The number of rotatable bonds is 0. The van der Waals surface area contributed by atoms with Crippen molar-refractivity contribution in [3.63, 3.8) is 0 Å². The summed E-state index contributed by atoms with van der Waals surface area (Å²) in [5, 5.41) is 20.3. The first-order chi connectivity index (χ1) is 13.7. The standard InChI is InChI=1S/C21H23N7/c1-13-17-10-22-7-5-15(17)20-9-16-19(25-26-21(16)11-24-20)4-3-14-12-28(2)27-18(14)6-8-23-13/h3-5,9-13,22-23H,6-8H2,1-2H3,(H,25,26)/b4-3+/t13-/m1/s1. The quantitative estimate of drug-likeness (QED) is 0.563. The van der Waals surface area contributed by atoms with Crippen molar-refractivity contribution in [3.8, 4) is 0 Å². The first kappa shape index (κ1) is 16.9. The number of pyridine rings is 1. The van der Waals surface area contributed by atoms with E-state index in [-0.39, 0.29) is 6.04 Å². The van der Waals surface area contributed by atoms with Crippen LogP contribution in [0.2, 0.25) is 0 Å². The van der Waals surface area contributed by atoms with Crippen LogP contribution in [0.3, 0.4) is 0 Å². The first-order valence-corrected chi connectivity index (χ1v) is 9.61. The van der Waals surface area contributed by atoms with Crippen LogP contribution in [0.1, 0.15) is 29.6 Å². The Bertz CT molecular complexity index is 1130.